The highest BCUT2D eigenvalue weighted by Gasteiger charge is 2.38. The molecule has 0 spiro atoms. The van der Waals surface area contributed by atoms with E-state index in [0.29, 0.717) is 0 Å². The average molecular weight is 1330 g/mol. The van der Waals surface area contributed by atoms with Gasteiger partial charge in [0.1, 0.15) is 0 Å². The summed E-state index contributed by atoms with van der Waals surface area (Å²) in [5.41, 5.74) is 32.6. The van der Waals surface area contributed by atoms with Crippen LogP contribution in [-0.2, 0) is 10.8 Å². The third-order valence-electron chi connectivity index (χ3n) is 23.2. The largest absolute Gasteiger partial charge is 0.309 e. The molecule has 0 unspecified atom stereocenters. The van der Waals surface area contributed by atoms with Gasteiger partial charge in [-0.3, -0.25) is 0 Å². The summed E-state index contributed by atoms with van der Waals surface area (Å²) >= 11 is 0. The van der Waals surface area contributed by atoms with E-state index in [1.807, 2.05) is 0 Å². The van der Waals surface area contributed by atoms with E-state index >= 15 is 0 Å². The molecule has 0 saturated heterocycles. The van der Waals surface area contributed by atoms with Crippen LogP contribution < -0.4 is 0 Å². The van der Waals surface area contributed by atoms with Crippen LogP contribution in [0.25, 0.3) is 176 Å². The lowest BCUT2D eigenvalue weighted by atomic mass is 9.81. The van der Waals surface area contributed by atoms with E-state index in [4.69, 9.17) is 0 Å². The van der Waals surface area contributed by atoms with Crippen molar-refractivity contribution in [2.75, 3.05) is 0 Å². The lowest BCUT2D eigenvalue weighted by Gasteiger charge is -2.22. The number of hydrogen-bond acceptors (Lipinski definition) is 0. The van der Waals surface area contributed by atoms with Crippen LogP contribution in [0, 0.1) is 0 Å². The maximum absolute atomic E-state index is 2.48. The van der Waals surface area contributed by atoms with Gasteiger partial charge in [0.05, 0.1) is 44.1 Å². The topological polar surface area (TPSA) is 19.7 Å². The van der Waals surface area contributed by atoms with Crippen LogP contribution in [0.15, 0.2) is 352 Å². The highest BCUT2D eigenvalue weighted by molar-refractivity contribution is 6.15. The predicted octanol–water partition coefficient (Wildman–Crippen LogP) is 26.5. The van der Waals surface area contributed by atoms with Crippen LogP contribution in [-0.4, -0.2) is 18.3 Å². The van der Waals surface area contributed by atoms with Gasteiger partial charge in [0, 0.05) is 76.7 Å². The second kappa shape index (κ2) is 22.7. The van der Waals surface area contributed by atoms with Gasteiger partial charge < -0.3 is 18.3 Å². The predicted molar refractivity (Wildman–Crippen MR) is 439 cm³/mol. The van der Waals surface area contributed by atoms with Crippen molar-refractivity contribution in [2.45, 2.75) is 38.5 Å². The van der Waals surface area contributed by atoms with E-state index in [0.717, 1.165) is 0 Å². The van der Waals surface area contributed by atoms with Gasteiger partial charge in [0.2, 0.25) is 0 Å². The number of rotatable bonds is 7. The van der Waals surface area contributed by atoms with Gasteiger partial charge in [0.15, 0.2) is 0 Å². The zero-order valence-corrected chi connectivity index (χ0v) is 58.3. The summed E-state index contributed by atoms with van der Waals surface area (Å²) in [5.74, 6) is 0. The van der Waals surface area contributed by atoms with E-state index in [1.165, 1.54) is 199 Å². The molecule has 104 heavy (non-hydrogen) atoms. The van der Waals surface area contributed by atoms with Crippen LogP contribution in [0.2, 0.25) is 0 Å². The summed E-state index contributed by atoms with van der Waals surface area (Å²) in [6.45, 7) is 9.48. The SMILES string of the molecule is CC1(C)c2cc(-n3c4ccccc4c4cc(-c5ccc6c(c5)c5ccccc5n6-c5ccccc5)ccc43)ccc2-c2cc3ccccc3cc21.CC1(C)c2ccccc2-c2ccc(-n3c4ccc(-c5ccc6c(c5)c5ccccc5n6-c5ccccc5)cc4c4ccc(-c5ccccc5)cc43)cc21. The van der Waals surface area contributed by atoms with Gasteiger partial charge in [0.25, 0.3) is 0 Å². The molecule has 2 aliphatic carbocycles. The molecule has 490 valence electrons. The maximum atomic E-state index is 2.48. The summed E-state index contributed by atoms with van der Waals surface area (Å²) in [6.07, 6.45) is 0. The van der Waals surface area contributed by atoms with E-state index in [2.05, 4.69) is 398 Å². The molecule has 2 aliphatic rings. The second-order valence-corrected chi connectivity index (χ2v) is 29.6. The first-order valence-corrected chi connectivity index (χ1v) is 36.4. The Morgan fingerprint density at radius 1 is 0.173 bits per heavy atom. The molecular weight excluding hydrogens is 1260 g/mol. The highest BCUT2D eigenvalue weighted by Crippen LogP contribution is 2.53. The van der Waals surface area contributed by atoms with Gasteiger partial charge in [-0.2, -0.15) is 0 Å². The fourth-order valence-electron chi connectivity index (χ4n) is 18.1. The van der Waals surface area contributed by atoms with Crippen LogP contribution in [0.1, 0.15) is 49.9 Å². The van der Waals surface area contributed by atoms with Gasteiger partial charge >= 0.3 is 0 Å². The highest BCUT2D eigenvalue weighted by atomic mass is 15.0. The number of hydrogen-bond donors (Lipinski definition) is 0. The van der Waals surface area contributed by atoms with Crippen molar-refractivity contribution in [2.24, 2.45) is 0 Å². The quantitative estimate of drug-likeness (QED) is 0.152. The Balaban J connectivity index is 0.000000134. The van der Waals surface area contributed by atoms with Crippen molar-refractivity contribution in [1.82, 2.24) is 18.3 Å². The molecule has 4 heterocycles. The van der Waals surface area contributed by atoms with E-state index in [9.17, 15) is 0 Å². The standard InChI is InChI=1S/C51H36N2.C49H34N2/c1-51(2)45-19-11-9-17-39(45)40-26-24-38(32-46(40)51)53-49-28-23-35(30-44(49)42-25-21-36(31-50(42)53)33-13-5-3-6-14-33)34-22-27-48-43(29-34)41-18-10-12-20-47(41)52(48)37-15-7-4-8-16-37;1-49(2)43-29-32-13-7-6-12-31(32)26-40(43)37-23-22-36(30-44(37)49)51-46-19-11-9-17-39(46)42-28-34(21-25-48(42)51)33-20-24-47-41(27-33)38-16-8-10-18-45(38)50(47)35-14-4-3-5-15-35/h3-32H,1-2H3;3-30H,1-2H3. The first kappa shape index (κ1) is 59.8. The Kier molecular flexibility index (Phi) is 13.1. The van der Waals surface area contributed by atoms with Crippen molar-refractivity contribution in [3.8, 4) is 78.4 Å². The number of para-hydroxylation sites is 5. The van der Waals surface area contributed by atoms with Crippen LogP contribution in [0.4, 0.5) is 0 Å². The van der Waals surface area contributed by atoms with Crippen molar-refractivity contribution in [3.63, 3.8) is 0 Å². The summed E-state index contributed by atoms with van der Waals surface area (Å²) < 4.78 is 9.70. The minimum absolute atomic E-state index is 0.0780. The van der Waals surface area contributed by atoms with Crippen molar-refractivity contribution in [1.29, 1.82) is 0 Å². The second-order valence-electron chi connectivity index (χ2n) is 29.6. The maximum Gasteiger partial charge on any atom is 0.0547 e. The fourth-order valence-corrected chi connectivity index (χ4v) is 18.1. The van der Waals surface area contributed by atoms with Crippen molar-refractivity contribution >= 4 is 98.0 Å². The first-order chi connectivity index (χ1) is 51.1. The Hall–Kier alpha value is -13.0. The number of aromatic nitrogens is 4. The molecule has 0 fully saturated rings. The van der Waals surface area contributed by atoms with Crippen LogP contribution >= 0.6 is 0 Å². The lowest BCUT2D eigenvalue weighted by molar-refractivity contribution is 0.660. The summed E-state index contributed by atoms with van der Waals surface area (Å²) in [5, 5.41) is 12.7. The molecule has 16 aromatic carbocycles. The lowest BCUT2D eigenvalue weighted by Crippen LogP contribution is -2.15. The molecule has 0 bridgehead atoms. The molecule has 22 rings (SSSR count). The Bertz CT molecular complexity index is 6950. The molecule has 0 radical (unpaired) electrons. The molecule has 0 saturated carbocycles. The van der Waals surface area contributed by atoms with Gasteiger partial charge in [-0.05, 0) is 222 Å². The molecule has 20 aromatic rings. The fraction of sp³-hybridized carbons (Fsp3) is 0.0600. The number of fused-ring (bicyclic) bond motifs is 19. The van der Waals surface area contributed by atoms with Crippen molar-refractivity contribution < 1.29 is 0 Å². The molecule has 4 nitrogen and oxygen atoms in total. The normalized spacial score (nSPS) is 13.3. The Morgan fingerprint density at radius 3 is 0.990 bits per heavy atom. The van der Waals surface area contributed by atoms with Gasteiger partial charge in [-0.25, -0.2) is 0 Å². The molecule has 4 heteroatoms. The smallest absolute Gasteiger partial charge is 0.0547 e. The monoisotopic (exact) mass is 1330 g/mol. The number of nitrogens with zero attached hydrogens (tertiary/aromatic N) is 4. The summed E-state index contributed by atoms with van der Waals surface area (Å²) in [6, 6.07) is 130. The minimum atomic E-state index is -0.0983. The molecule has 0 aliphatic heterocycles. The van der Waals surface area contributed by atoms with E-state index < -0.39 is 0 Å². The Labute approximate surface area is 603 Å². The molecule has 0 N–H and O–H groups in total. The Morgan fingerprint density at radius 2 is 0.500 bits per heavy atom. The molecule has 0 atom stereocenters. The molecule has 0 amide bonds. The van der Waals surface area contributed by atoms with Crippen molar-refractivity contribution in [3.05, 3.63) is 374 Å². The van der Waals surface area contributed by atoms with E-state index in [1.54, 1.807) is 0 Å². The third-order valence-corrected chi connectivity index (χ3v) is 23.2. The summed E-state index contributed by atoms with van der Waals surface area (Å²) in [4.78, 5) is 0. The number of benzene rings is 16. The third kappa shape index (κ3) is 8.98. The summed E-state index contributed by atoms with van der Waals surface area (Å²) in [7, 11) is 0. The zero-order valence-electron chi connectivity index (χ0n) is 58.3. The van der Waals surface area contributed by atoms with Gasteiger partial charge in [-0.1, -0.05) is 246 Å². The first-order valence-electron chi connectivity index (χ1n) is 36.4. The minimum Gasteiger partial charge on any atom is -0.309 e. The average Bonchev–Trinajstić information content (AvgIpc) is 1.62. The van der Waals surface area contributed by atoms with Gasteiger partial charge in [-0.15, -0.1) is 0 Å². The molecule has 4 aromatic heterocycles. The molecular formula is C100H70N4. The van der Waals surface area contributed by atoms with Crippen LogP contribution in [0.3, 0.4) is 0 Å². The van der Waals surface area contributed by atoms with E-state index in [-0.39, 0.29) is 10.8 Å². The van der Waals surface area contributed by atoms with Crippen LogP contribution in [0.5, 0.6) is 0 Å². The zero-order chi connectivity index (χ0) is 69.1.